The predicted molar refractivity (Wildman–Crippen MR) is 101 cm³/mol. The van der Waals surface area contributed by atoms with Crippen molar-refractivity contribution in [3.63, 3.8) is 0 Å². The van der Waals surface area contributed by atoms with Crippen LogP contribution in [0.3, 0.4) is 0 Å². The van der Waals surface area contributed by atoms with Crippen molar-refractivity contribution in [1.29, 1.82) is 0 Å². The van der Waals surface area contributed by atoms with Crippen molar-refractivity contribution in [1.82, 2.24) is 4.98 Å². The Bertz CT molecular complexity index is 682. The Hall–Kier alpha value is -1.24. The van der Waals surface area contributed by atoms with Gasteiger partial charge in [0.25, 0.3) is 0 Å². The third-order valence-corrected chi connectivity index (χ3v) is 6.50. The molecule has 1 fully saturated rings. The van der Waals surface area contributed by atoms with Gasteiger partial charge in [-0.3, -0.25) is 0 Å². The summed E-state index contributed by atoms with van der Waals surface area (Å²) in [6, 6.07) is 0. The highest BCUT2D eigenvalue weighted by atomic mass is 14.7. The van der Waals surface area contributed by atoms with Crippen LogP contribution in [0.25, 0.3) is 17.2 Å². The number of rotatable bonds is 6. The van der Waals surface area contributed by atoms with E-state index in [-0.39, 0.29) is 0 Å². The van der Waals surface area contributed by atoms with E-state index in [9.17, 15) is 0 Å². The molecule has 1 atom stereocenters. The maximum Gasteiger partial charge on any atom is 0.0419 e. The van der Waals surface area contributed by atoms with Crippen LogP contribution in [0.4, 0.5) is 0 Å². The Balaban J connectivity index is 1.79. The zero-order valence-corrected chi connectivity index (χ0v) is 15.3. The Kier molecular flexibility index (Phi) is 4.85. The zero-order valence-electron chi connectivity index (χ0n) is 15.3. The van der Waals surface area contributed by atoms with Crippen LogP contribution in [0.5, 0.6) is 0 Å². The van der Waals surface area contributed by atoms with Gasteiger partial charge in [0.05, 0.1) is 0 Å². The molecule has 1 N–H and O–H groups in total. The molecule has 0 amide bonds. The molecule has 0 radical (unpaired) electrons. The molecular formula is C22H33N. The van der Waals surface area contributed by atoms with E-state index in [1.165, 1.54) is 72.2 Å². The van der Waals surface area contributed by atoms with E-state index in [4.69, 9.17) is 0 Å². The molecule has 0 saturated heterocycles. The lowest BCUT2D eigenvalue weighted by Crippen LogP contribution is -2.32. The fourth-order valence-electron chi connectivity index (χ4n) is 4.85. The highest BCUT2D eigenvalue weighted by molar-refractivity contribution is 5.68. The van der Waals surface area contributed by atoms with Crippen LogP contribution in [-0.4, -0.2) is 4.98 Å². The normalized spacial score (nSPS) is 22.7. The molecule has 0 aliphatic heterocycles. The van der Waals surface area contributed by atoms with E-state index < -0.39 is 0 Å². The minimum absolute atomic E-state index is 0.617. The molecule has 126 valence electrons. The van der Waals surface area contributed by atoms with E-state index in [1.54, 1.807) is 0 Å². The molecule has 2 aliphatic rings. The first-order valence-electron chi connectivity index (χ1n) is 9.63. The van der Waals surface area contributed by atoms with Gasteiger partial charge in [-0.05, 0) is 62.4 Å². The van der Waals surface area contributed by atoms with Crippen LogP contribution < -0.4 is 10.6 Å². The smallest absolute Gasteiger partial charge is 0.0419 e. The largest absolute Gasteiger partial charge is 0.361 e. The SMILES string of the molecule is C=C(CCC1(CCC)CCCC1)c1c[nH]c2c1=C(C)C(C)CC=2. The lowest BCUT2D eigenvalue weighted by atomic mass is 9.76. The van der Waals surface area contributed by atoms with Gasteiger partial charge in [-0.15, -0.1) is 0 Å². The van der Waals surface area contributed by atoms with Crippen molar-refractivity contribution in [2.24, 2.45) is 11.3 Å². The third kappa shape index (κ3) is 3.20. The first kappa shape index (κ1) is 16.6. The minimum Gasteiger partial charge on any atom is -0.361 e. The Morgan fingerprint density at radius 3 is 2.74 bits per heavy atom. The number of fused-ring (bicyclic) bond motifs is 1. The molecule has 1 heterocycles. The van der Waals surface area contributed by atoms with E-state index in [0.717, 1.165) is 12.8 Å². The van der Waals surface area contributed by atoms with E-state index in [1.807, 2.05) is 0 Å². The number of hydrogen-bond acceptors (Lipinski definition) is 0. The van der Waals surface area contributed by atoms with Gasteiger partial charge in [0.1, 0.15) is 0 Å². The quantitative estimate of drug-likeness (QED) is 0.747. The topological polar surface area (TPSA) is 15.8 Å². The zero-order chi connectivity index (χ0) is 16.4. The predicted octanol–water partition coefficient (Wildman–Crippen LogP) is 5.16. The monoisotopic (exact) mass is 311 g/mol. The van der Waals surface area contributed by atoms with Crippen molar-refractivity contribution >= 4 is 17.2 Å². The van der Waals surface area contributed by atoms with Gasteiger partial charge in [0, 0.05) is 22.3 Å². The van der Waals surface area contributed by atoms with Crippen LogP contribution in [0, 0.1) is 11.3 Å². The number of hydrogen-bond donors (Lipinski definition) is 1. The van der Waals surface area contributed by atoms with Crippen molar-refractivity contribution in [3.05, 3.63) is 28.9 Å². The van der Waals surface area contributed by atoms with E-state index >= 15 is 0 Å². The first-order valence-corrected chi connectivity index (χ1v) is 9.63. The number of aromatic nitrogens is 1. The third-order valence-electron chi connectivity index (χ3n) is 6.50. The Morgan fingerprint density at radius 2 is 2.04 bits per heavy atom. The van der Waals surface area contributed by atoms with Gasteiger partial charge >= 0.3 is 0 Å². The lowest BCUT2D eigenvalue weighted by molar-refractivity contribution is 0.249. The molecule has 0 bridgehead atoms. The number of allylic oxidation sites excluding steroid dienone is 1. The maximum atomic E-state index is 4.47. The summed E-state index contributed by atoms with van der Waals surface area (Å²) < 4.78 is 0. The van der Waals surface area contributed by atoms with Gasteiger partial charge in [0.2, 0.25) is 0 Å². The molecule has 0 aromatic carbocycles. The summed E-state index contributed by atoms with van der Waals surface area (Å²) >= 11 is 0. The molecule has 1 aromatic heterocycles. The molecule has 1 saturated carbocycles. The van der Waals surface area contributed by atoms with E-state index in [0.29, 0.717) is 11.3 Å². The van der Waals surface area contributed by atoms with Crippen molar-refractivity contribution in [2.45, 2.75) is 78.6 Å². The molecule has 1 heteroatoms. The molecule has 1 aromatic rings. The summed E-state index contributed by atoms with van der Waals surface area (Å²) in [5, 5.41) is 2.77. The van der Waals surface area contributed by atoms with Gasteiger partial charge < -0.3 is 4.98 Å². The molecule has 23 heavy (non-hydrogen) atoms. The van der Waals surface area contributed by atoms with Crippen LogP contribution in [0.2, 0.25) is 0 Å². The Labute approximate surface area is 141 Å². The van der Waals surface area contributed by atoms with Gasteiger partial charge in [0.15, 0.2) is 0 Å². The van der Waals surface area contributed by atoms with Crippen LogP contribution in [0.1, 0.15) is 84.1 Å². The molecule has 1 nitrogen and oxygen atoms in total. The number of nitrogens with one attached hydrogen (secondary N) is 1. The standard InChI is InChI=1S/C22H33N/c1-5-11-22(12-6-7-13-22)14-10-17(3)19-15-23-20-9-8-16(2)18(4)21(19)20/h9,15-16,23H,3,5-8,10-14H2,1-2,4H3. The van der Waals surface area contributed by atoms with Crippen LogP contribution in [-0.2, 0) is 0 Å². The molecule has 1 unspecified atom stereocenters. The average molecular weight is 312 g/mol. The van der Waals surface area contributed by atoms with Crippen LogP contribution in [0.15, 0.2) is 12.8 Å². The molecule has 2 aliphatic carbocycles. The highest BCUT2D eigenvalue weighted by Gasteiger charge is 2.32. The summed E-state index contributed by atoms with van der Waals surface area (Å²) in [7, 11) is 0. The fraction of sp³-hybridized carbons (Fsp3) is 0.636. The summed E-state index contributed by atoms with van der Waals surface area (Å²) in [6.45, 7) is 11.4. The molecule has 3 rings (SSSR count). The molecule has 0 spiro atoms. The lowest BCUT2D eigenvalue weighted by Gasteiger charge is -2.29. The van der Waals surface area contributed by atoms with Gasteiger partial charge in [-0.1, -0.05) is 51.3 Å². The van der Waals surface area contributed by atoms with Crippen LogP contribution >= 0.6 is 0 Å². The van der Waals surface area contributed by atoms with Crippen molar-refractivity contribution in [3.8, 4) is 0 Å². The highest BCUT2D eigenvalue weighted by Crippen LogP contribution is 2.46. The molecular weight excluding hydrogens is 278 g/mol. The number of H-pyrrole nitrogens is 1. The Morgan fingerprint density at radius 1 is 1.30 bits per heavy atom. The summed E-state index contributed by atoms with van der Waals surface area (Å²) in [5.41, 5.74) is 4.87. The second-order valence-corrected chi connectivity index (χ2v) is 8.08. The van der Waals surface area contributed by atoms with Gasteiger partial charge in [-0.25, -0.2) is 0 Å². The van der Waals surface area contributed by atoms with Crippen molar-refractivity contribution in [2.75, 3.05) is 0 Å². The average Bonchev–Trinajstić information content (AvgIpc) is 3.17. The summed E-state index contributed by atoms with van der Waals surface area (Å²) in [6.07, 6.45) is 16.7. The first-order chi connectivity index (χ1) is 11.1. The number of aromatic amines is 1. The van der Waals surface area contributed by atoms with Crippen molar-refractivity contribution < 1.29 is 0 Å². The van der Waals surface area contributed by atoms with Gasteiger partial charge in [-0.2, -0.15) is 0 Å². The minimum atomic E-state index is 0.617. The summed E-state index contributed by atoms with van der Waals surface area (Å²) in [5.74, 6) is 0.658. The maximum absolute atomic E-state index is 4.47. The second-order valence-electron chi connectivity index (χ2n) is 8.08. The fourth-order valence-corrected chi connectivity index (χ4v) is 4.85. The van der Waals surface area contributed by atoms with E-state index in [2.05, 4.69) is 44.6 Å². The summed E-state index contributed by atoms with van der Waals surface area (Å²) in [4.78, 5) is 3.48. The second kappa shape index (κ2) is 6.71.